The molecule has 0 spiro atoms. The van der Waals surface area contributed by atoms with Gasteiger partial charge >= 0.3 is 0 Å². The molecular weight excluding hydrogens is 158 g/mol. The lowest BCUT2D eigenvalue weighted by molar-refractivity contribution is 0.144. The zero-order valence-corrected chi connectivity index (χ0v) is 9.13. The third-order valence-corrected chi connectivity index (χ3v) is 4.09. The molecule has 1 heterocycles. The largest absolute Gasteiger partial charge is 0.300 e. The van der Waals surface area contributed by atoms with Crippen molar-refractivity contribution in [2.45, 2.75) is 52.0 Å². The van der Waals surface area contributed by atoms with Gasteiger partial charge in [-0.2, -0.15) is 0 Å². The summed E-state index contributed by atoms with van der Waals surface area (Å²) in [6.45, 7) is 7.54. The Bertz CT molecular complexity index is 155. The Labute approximate surface area is 82.5 Å². The molecule has 1 aliphatic heterocycles. The van der Waals surface area contributed by atoms with Crippen LogP contribution in [0.4, 0.5) is 0 Å². The van der Waals surface area contributed by atoms with Gasteiger partial charge in [0.1, 0.15) is 0 Å². The third-order valence-electron chi connectivity index (χ3n) is 4.09. The maximum absolute atomic E-state index is 2.72. The van der Waals surface area contributed by atoms with E-state index in [1.165, 1.54) is 45.2 Å². The van der Waals surface area contributed by atoms with Gasteiger partial charge in [0.05, 0.1) is 0 Å². The summed E-state index contributed by atoms with van der Waals surface area (Å²) in [6, 6.07) is 0.998. The van der Waals surface area contributed by atoms with Crippen LogP contribution in [0.15, 0.2) is 0 Å². The van der Waals surface area contributed by atoms with Crippen LogP contribution in [0.3, 0.4) is 0 Å². The number of piperidine rings is 1. The molecule has 1 atom stereocenters. The summed E-state index contributed by atoms with van der Waals surface area (Å²) in [5, 5.41) is 0. The van der Waals surface area contributed by atoms with Gasteiger partial charge in [-0.05, 0) is 50.6 Å². The molecule has 2 rings (SSSR count). The molecule has 13 heavy (non-hydrogen) atoms. The van der Waals surface area contributed by atoms with Gasteiger partial charge in [-0.3, -0.25) is 0 Å². The van der Waals surface area contributed by atoms with Gasteiger partial charge < -0.3 is 4.90 Å². The molecule has 1 heteroatoms. The maximum atomic E-state index is 2.72. The first kappa shape index (κ1) is 9.51. The second-order valence-electron chi connectivity index (χ2n) is 4.99. The molecule has 0 aromatic carbocycles. The minimum Gasteiger partial charge on any atom is -0.300 e. The molecule has 1 unspecified atom stereocenters. The van der Waals surface area contributed by atoms with Crippen molar-refractivity contribution in [1.29, 1.82) is 0 Å². The van der Waals surface area contributed by atoms with Gasteiger partial charge in [0.15, 0.2) is 0 Å². The quantitative estimate of drug-likeness (QED) is 0.647. The fourth-order valence-electron chi connectivity index (χ4n) is 2.63. The Morgan fingerprint density at radius 1 is 1.15 bits per heavy atom. The van der Waals surface area contributed by atoms with Crippen LogP contribution in [0.1, 0.15) is 46.0 Å². The van der Waals surface area contributed by atoms with Crippen molar-refractivity contribution < 1.29 is 0 Å². The van der Waals surface area contributed by atoms with E-state index >= 15 is 0 Å². The smallest absolute Gasteiger partial charge is 0.00964 e. The van der Waals surface area contributed by atoms with Crippen molar-refractivity contribution in [3.63, 3.8) is 0 Å². The number of rotatable bonds is 3. The van der Waals surface area contributed by atoms with E-state index in [0.29, 0.717) is 0 Å². The van der Waals surface area contributed by atoms with E-state index in [0.717, 1.165) is 17.9 Å². The molecular formula is C12H23N. The van der Waals surface area contributed by atoms with Crippen molar-refractivity contribution >= 4 is 0 Å². The SMILES string of the molecule is CCC(C)C1CCN(C2CC2)CC1. The van der Waals surface area contributed by atoms with Gasteiger partial charge in [-0.1, -0.05) is 20.3 Å². The summed E-state index contributed by atoms with van der Waals surface area (Å²) in [5.74, 6) is 1.99. The van der Waals surface area contributed by atoms with Crippen LogP contribution < -0.4 is 0 Å². The van der Waals surface area contributed by atoms with Crippen molar-refractivity contribution in [3.05, 3.63) is 0 Å². The summed E-state index contributed by atoms with van der Waals surface area (Å²) in [4.78, 5) is 2.72. The zero-order valence-electron chi connectivity index (χ0n) is 9.13. The highest BCUT2D eigenvalue weighted by Gasteiger charge is 2.32. The molecule has 1 nitrogen and oxygen atoms in total. The normalized spacial score (nSPS) is 29.1. The van der Waals surface area contributed by atoms with E-state index in [4.69, 9.17) is 0 Å². The van der Waals surface area contributed by atoms with Crippen LogP contribution in [0.5, 0.6) is 0 Å². The number of hydrogen-bond acceptors (Lipinski definition) is 1. The standard InChI is InChI=1S/C12H23N/c1-3-10(2)11-6-8-13(9-7-11)12-4-5-12/h10-12H,3-9H2,1-2H3. The lowest BCUT2D eigenvalue weighted by atomic mass is 9.84. The molecule has 1 saturated heterocycles. The Balaban J connectivity index is 1.74. The Morgan fingerprint density at radius 2 is 1.77 bits per heavy atom. The number of likely N-dealkylation sites (tertiary alicyclic amines) is 1. The van der Waals surface area contributed by atoms with E-state index in [1.807, 2.05) is 0 Å². The fraction of sp³-hybridized carbons (Fsp3) is 1.00. The van der Waals surface area contributed by atoms with Crippen molar-refractivity contribution in [2.24, 2.45) is 11.8 Å². The molecule has 76 valence electrons. The minimum absolute atomic E-state index is 0.960. The van der Waals surface area contributed by atoms with Gasteiger partial charge in [0, 0.05) is 6.04 Å². The second-order valence-corrected chi connectivity index (χ2v) is 4.99. The third kappa shape index (κ3) is 2.25. The van der Waals surface area contributed by atoms with E-state index in [1.54, 1.807) is 0 Å². The Kier molecular flexibility index (Phi) is 2.92. The van der Waals surface area contributed by atoms with Gasteiger partial charge in [-0.25, -0.2) is 0 Å². The van der Waals surface area contributed by atoms with Crippen LogP contribution in [0.25, 0.3) is 0 Å². The van der Waals surface area contributed by atoms with Crippen LogP contribution in [0, 0.1) is 11.8 Å². The molecule has 1 aliphatic carbocycles. The lowest BCUT2D eigenvalue weighted by Crippen LogP contribution is -2.36. The molecule has 2 aliphatic rings. The zero-order chi connectivity index (χ0) is 9.26. The summed E-state index contributed by atoms with van der Waals surface area (Å²) in [5.41, 5.74) is 0. The average molecular weight is 181 g/mol. The minimum atomic E-state index is 0.960. The number of hydrogen-bond donors (Lipinski definition) is 0. The first-order chi connectivity index (χ1) is 6.31. The van der Waals surface area contributed by atoms with E-state index in [9.17, 15) is 0 Å². The van der Waals surface area contributed by atoms with Crippen LogP contribution in [-0.2, 0) is 0 Å². The molecule has 0 aromatic heterocycles. The van der Waals surface area contributed by atoms with Gasteiger partial charge in [-0.15, -0.1) is 0 Å². The predicted octanol–water partition coefficient (Wildman–Crippen LogP) is 2.91. The maximum Gasteiger partial charge on any atom is 0.00964 e. The van der Waals surface area contributed by atoms with Crippen molar-refractivity contribution in [2.75, 3.05) is 13.1 Å². The molecule has 0 bridgehead atoms. The van der Waals surface area contributed by atoms with Crippen LogP contribution >= 0.6 is 0 Å². The highest BCUT2D eigenvalue weighted by molar-refractivity contribution is 4.87. The lowest BCUT2D eigenvalue weighted by Gasteiger charge is -2.34. The highest BCUT2D eigenvalue weighted by Crippen LogP contribution is 2.33. The topological polar surface area (TPSA) is 3.24 Å². The summed E-state index contributed by atoms with van der Waals surface area (Å²) in [7, 11) is 0. The molecule has 0 amide bonds. The van der Waals surface area contributed by atoms with E-state index < -0.39 is 0 Å². The summed E-state index contributed by atoms with van der Waals surface area (Å²) >= 11 is 0. The van der Waals surface area contributed by atoms with Crippen LogP contribution in [-0.4, -0.2) is 24.0 Å². The Morgan fingerprint density at radius 3 is 2.23 bits per heavy atom. The molecule has 0 aromatic rings. The number of nitrogens with zero attached hydrogens (tertiary/aromatic N) is 1. The second kappa shape index (κ2) is 4.00. The van der Waals surface area contributed by atoms with Crippen LogP contribution in [0.2, 0.25) is 0 Å². The monoisotopic (exact) mass is 181 g/mol. The molecule has 2 fully saturated rings. The van der Waals surface area contributed by atoms with Crippen molar-refractivity contribution in [3.8, 4) is 0 Å². The van der Waals surface area contributed by atoms with Gasteiger partial charge in [0.2, 0.25) is 0 Å². The Hall–Kier alpha value is -0.0400. The van der Waals surface area contributed by atoms with E-state index in [2.05, 4.69) is 18.7 Å². The molecule has 0 radical (unpaired) electrons. The van der Waals surface area contributed by atoms with Gasteiger partial charge in [0.25, 0.3) is 0 Å². The molecule has 0 N–H and O–H groups in total. The summed E-state index contributed by atoms with van der Waals surface area (Å²) < 4.78 is 0. The first-order valence-corrected chi connectivity index (χ1v) is 6.05. The molecule has 1 saturated carbocycles. The first-order valence-electron chi connectivity index (χ1n) is 6.05. The average Bonchev–Trinajstić information content (AvgIpc) is 3.00. The summed E-state index contributed by atoms with van der Waals surface area (Å²) in [6.07, 6.45) is 7.26. The predicted molar refractivity (Wildman–Crippen MR) is 56.8 cm³/mol. The van der Waals surface area contributed by atoms with E-state index in [-0.39, 0.29) is 0 Å². The fourth-order valence-corrected chi connectivity index (χ4v) is 2.63. The highest BCUT2D eigenvalue weighted by atomic mass is 15.2. The van der Waals surface area contributed by atoms with Crippen molar-refractivity contribution in [1.82, 2.24) is 4.90 Å².